The number of amides is 1. The van der Waals surface area contributed by atoms with Gasteiger partial charge in [-0.2, -0.15) is 4.31 Å². The molecular formula is C21H34N3O3S+. The maximum absolute atomic E-state index is 12.8. The summed E-state index contributed by atoms with van der Waals surface area (Å²) in [7, 11) is -3.51. The largest absolute Gasteiger partial charge is 0.352 e. The van der Waals surface area contributed by atoms with Gasteiger partial charge in [0.1, 0.15) is 0 Å². The van der Waals surface area contributed by atoms with Gasteiger partial charge in [-0.1, -0.05) is 12.5 Å². The van der Waals surface area contributed by atoms with Crippen LogP contribution in [0.15, 0.2) is 29.2 Å². The minimum atomic E-state index is -3.51. The Morgan fingerprint density at radius 3 is 2.71 bits per heavy atom. The van der Waals surface area contributed by atoms with E-state index >= 15 is 0 Å². The van der Waals surface area contributed by atoms with Gasteiger partial charge < -0.3 is 10.2 Å². The van der Waals surface area contributed by atoms with Crippen molar-refractivity contribution in [2.24, 2.45) is 0 Å². The van der Waals surface area contributed by atoms with E-state index in [2.05, 4.69) is 12.2 Å². The summed E-state index contributed by atoms with van der Waals surface area (Å²) in [5.74, 6) is -0.197. The molecule has 156 valence electrons. The maximum Gasteiger partial charge on any atom is 0.251 e. The highest BCUT2D eigenvalue weighted by Crippen LogP contribution is 2.21. The summed E-state index contributed by atoms with van der Waals surface area (Å²) < 4.78 is 27.2. The predicted octanol–water partition coefficient (Wildman–Crippen LogP) is 1.44. The van der Waals surface area contributed by atoms with E-state index in [9.17, 15) is 13.2 Å². The summed E-state index contributed by atoms with van der Waals surface area (Å²) in [5.41, 5.74) is 0.414. The van der Waals surface area contributed by atoms with Gasteiger partial charge in [0.15, 0.2) is 0 Å². The van der Waals surface area contributed by atoms with Gasteiger partial charge in [-0.15, -0.1) is 0 Å². The Kier molecular flexibility index (Phi) is 7.48. The summed E-state index contributed by atoms with van der Waals surface area (Å²) in [6.07, 6.45) is 7.74. The number of sulfonamides is 1. The lowest BCUT2D eigenvalue weighted by Gasteiger charge is -2.30. The van der Waals surface area contributed by atoms with Crippen molar-refractivity contribution in [2.45, 2.75) is 62.8 Å². The van der Waals surface area contributed by atoms with Crippen LogP contribution in [0.25, 0.3) is 0 Å². The molecule has 2 saturated heterocycles. The van der Waals surface area contributed by atoms with Gasteiger partial charge >= 0.3 is 0 Å². The Bertz CT molecular complexity index is 760. The Morgan fingerprint density at radius 1 is 1.18 bits per heavy atom. The molecule has 2 N–H and O–H groups in total. The van der Waals surface area contributed by atoms with Crippen LogP contribution in [-0.2, 0) is 10.0 Å². The molecule has 7 heteroatoms. The SMILES string of the molecule is C[C@@H]1CCCC[NH+]1CCCNC(=O)c1cccc(S(=O)(=O)N2CCCCC2)c1. The van der Waals surface area contributed by atoms with Crippen LogP contribution in [0.5, 0.6) is 0 Å². The summed E-state index contributed by atoms with van der Waals surface area (Å²) in [6.45, 7) is 6.36. The summed E-state index contributed by atoms with van der Waals surface area (Å²) in [4.78, 5) is 14.3. The zero-order valence-electron chi connectivity index (χ0n) is 17.0. The van der Waals surface area contributed by atoms with E-state index in [4.69, 9.17) is 0 Å². The molecule has 0 saturated carbocycles. The molecule has 0 radical (unpaired) electrons. The summed E-state index contributed by atoms with van der Waals surface area (Å²) >= 11 is 0. The fourth-order valence-electron chi connectivity index (χ4n) is 4.30. The Balaban J connectivity index is 1.53. The lowest BCUT2D eigenvalue weighted by Crippen LogP contribution is -3.16. The monoisotopic (exact) mass is 408 g/mol. The van der Waals surface area contributed by atoms with Gasteiger partial charge in [0.2, 0.25) is 10.0 Å². The Morgan fingerprint density at radius 2 is 1.96 bits per heavy atom. The number of piperidine rings is 2. The van der Waals surface area contributed by atoms with E-state index in [1.165, 1.54) is 36.2 Å². The molecule has 0 aromatic heterocycles. The van der Waals surface area contributed by atoms with E-state index in [1.807, 2.05) is 0 Å². The van der Waals surface area contributed by atoms with Crippen molar-refractivity contribution in [1.82, 2.24) is 9.62 Å². The van der Waals surface area contributed by atoms with Crippen molar-refractivity contribution in [1.29, 1.82) is 0 Å². The van der Waals surface area contributed by atoms with Gasteiger partial charge in [0.25, 0.3) is 5.91 Å². The molecule has 0 aliphatic carbocycles. The first kappa shape index (κ1) is 21.3. The lowest BCUT2D eigenvalue weighted by molar-refractivity contribution is -0.928. The second-order valence-electron chi connectivity index (χ2n) is 8.16. The Labute approximate surface area is 169 Å². The molecule has 2 heterocycles. The number of nitrogens with zero attached hydrogens (tertiary/aromatic N) is 1. The molecular weight excluding hydrogens is 374 g/mol. The van der Waals surface area contributed by atoms with E-state index in [1.54, 1.807) is 23.1 Å². The minimum Gasteiger partial charge on any atom is -0.352 e. The number of quaternary nitrogens is 1. The first-order valence-corrected chi connectivity index (χ1v) is 12.2. The number of nitrogens with one attached hydrogen (secondary N) is 2. The van der Waals surface area contributed by atoms with Crippen LogP contribution in [-0.4, -0.2) is 57.4 Å². The molecule has 2 fully saturated rings. The number of hydrogen-bond acceptors (Lipinski definition) is 3. The molecule has 2 atom stereocenters. The zero-order chi connectivity index (χ0) is 20.0. The molecule has 1 unspecified atom stereocenters. The highest BCUT2D eigenvalue weighted by Gasteiger charge is 2.26. The number of carbonyl (C=O) groups excluding carboxylic acids is 1. The van der Waals surface area contributed by atoms with Crippen LogP contribution in [0.4, 0.5) is 0 Å². The van der Waals surface area contributed by atoms with Crippen LogP contribution >= 0.6 is 0 Å². The summed E-state index contributed by atoms with van der Waals surface area (Å²) in [6, 6.07) is 7.15. The quantitative estimate of drug-likeness (QED) is 0.671. The van der Waals surface area contributed by atoms with Gasteiger partial charge in [-0.3, -0.25) is 4.79 Å². The third-order valence-electron chi connectivity index (χ3n) is 6.09. The molecule has 2 aliphatic rings. The molecule has 0 spiro atoms. The van der Waals surface area contributed by atoms with Crippen LogP contribution in [0.2, 0.25) is 0 Å². The topological polar surface area (TPSA) is 70.9 Å². The molecule has 2 aliphatic heterocycles. The third kappa shape index (κ3) is 5.33. The number of rotatable bonds is 7. The standard InChI is InChI=1S/C21H33N3O3S/c1-18-9-3-6-13-23(18)14-8-12-22-21(25)19-10-7-11-20(17-19)28(26,27)24-15-4-2-5-16-24/h7,10-11,17-18H,2-6,8-9,12-16H2,1H3,(H,22,25)/p+1/t18-/m1/s1. The number of hydrogen-bond donors (Lipinski definition) is 2. The minimum absolute atomic E-state index is 0.197. The van der Waals surface area contributed by atoms with E-state index in [0.717, 1.165) is 32.2 Å². The lowest BCUT2D eigenvalue weighted by atomic mass is 10.0. The fourth-order valence-corrected chi connectivity index (χ4v) is 5.86. The third-order valence-corrected chi connectivity index (χ3v) is 7.99. The highest BCUT2D eigenvalue weighted by molar-refractivity contribution is 7.89. The normalized spacial score (nSPS) is 24.0. The van der Waals surface area contributed by atoms with Crippen LogP contribution in [0.3, 0.4) is 0 Å². The van der Waals surface area contributed by atoms with E-state index in [-0.39, 0.29) is 10.8 Å². The first-order valence-electron chi connectivity index (χ1n) is 10.7. The van der Waals surface area contributed by atoms with E-state index in [0.29, 0.717) is 31.2 Å². The predicted molar refractivity (Wildman–Crippen MR) is 110 cm³/mol. The van der Waals surface area contributed by atoms with Gasteiger partial charge in [0.05, 0.1) is 24.0 Å². The van der Waals surface area contributed by atoms with Gasteiger partial charge in [-0.25, -0.2) is 8.42 Å². The smallest absolute Gasteiger partial charge is 0.251 e. The average Bonchev–Trinajstić information content (AvgIpc) is 2.73. The van der Waals surface area contributed by atoms with E-state index < -0.39 is 10.0 Å². The van der Waals surface area contributed by atoms with Crippen LogP contribution in [0, 0.1) is 0 Å². The molecule has 1 aromatic rings. The van der Waals surface area contributed by atoms with Crippen molar-refractivity contribution < 1.29 is 18.1 Å². The zero-order valence-corrected chi connectivity index (χ0v) is 17.8. The van der Waals surface area contributed by atoms with Gasteiger partial charge in [-0.05, 0) is 57.2 Å². The first-order chi connectivity index (χ1) is 13.5. The van der Waals surface area contributed by atoms with Gasteiger partial charge in [0, 0.05) is 31.6 Å². The second-order valence-corrected chi connectivity index (χ2v) is 10.1. The molecule has 6 nitrogen and oxygen atoms in total. The fraction of sp³-hybridized carbons (Fsp3) is 0.667. The maximum atomic E-state index is 12.8. The number of likely N-dealkylation sites (tertiary alicyclic amines) is 1. The van der Waals surface area contributed by atoms with Crippen LogP contribution < -0.4 is 10.2 Å². The van der Waals surface area contributed by atoms with Crippen molar-refractivity contribution in [3.05, 3.63) is 29.8 Å². The van der Waals surface area contributed by atoms with Crippen molar-refractivity contribution in [3.8, 4) is 0 Å². The molecule has 3 rings (SSSR count). The molecule has 1 aromatic carbocycles. The Hall–Kier alpha value is -1.44. The second kappa shape index (κ2) is 9.85. The number of carbonyl (C=O) groups is 1. The number of benzene rings is 1. The van der Waals surface area contributed by atoms with Crippen molar-refractivity contribution in [2.75, 3.05) is 32.7 Å². The molecule has 0 bridgehead atoms. The van der Waals surface area contributed by atoms with Crippen molar-refractivity contribution in [3.63, 3.8) is 0 Å². The average molecular weight is 409 g/mol. The highest BCUT2D eigenvalue weighted by atomic mass is 32.2. The molecule has 28 heavy (non-hydrogen) atoms. The van der Waals surface area contributed by atoms with Crippen LogP contribution in [0.1, 0.15) is 62.2 Å². The molecule has 1 amide bonds. The summed E-state index contributed by atoms with van der Waals surface area (Å²) in [5, 5.41) is 2.95. The van der Waals surface area contributed by atoms with Crippen molar-refractivity contribution >= 4 is 15.9 Å².